The number of hydrogen-bond acceptors (Lipinski definition) is 1. The van der Waals surface area contributed by atoms with Crippen molar-refractivity contribution in [3.63, 3.8) is 0 Å². The summed E-state index contributed by atoms with van der Waals surface area (Å²) >= 11 is 0. The van der Waals surface area contributed by atoms with E-state index >= 15 is 0 Å². The van der Waals surface area contributed by atoms with Crippen molar-refractivity contribution < 1.29 is 5.11 Å². The Hall–Kier alpha value is 0.177. The van der Waals surface area contributed by atoms with E-state index in [0.717, 1.165) is 5.54 Å². The van der Waals surface area contributed by atoms with Crippen molar-refractivity contribution in [2.45, 2.75) is 50.5 Å². The summed E-state index contributed by atoms with van der Waals surface area (Å²) in [4.78, 5) is 0. The molecule has 2 rings (SSSR count). The predicted molar refractivity (Wildman–Crippen MR) is 53.9 cm³/mol. The second kappa shape index (κ2) is 2.58. The van der Waals surface area contributed by atoms with Crippen molar-refractivity contribution in [1.29, 1.82) is 0 Å². The molecule has 0 aliphatic heterocycles. The van der Waals surface area contributed by atoms with E-state index < -0.39 is 8.07 Å². The maximum atomic E-state index is 9.88. The molecule has 0 aromatic heterocycles. The smallest absolute Gasteiger partial charge is 0.0596 e. The average molecular weight is 184 g/mol. The Morgan fingerprint density at radius 2 is 1.83 bits per heavy atom. The van der Waals surface area contributed by atoms with Crippen LogP contribution < -0.4 is 0 Å². The van der Waals surface area contributed by atoms with E-state index in [9.17, 15) is 5.11 Å². The molecule has 0 amide bonds. The molecule has 2 bridgehead atoms. The zero-order chi connectivity index (χ0) is 8.93. The lowest BCUT2D eigenvalue weighted by atomic mass is 10.0. The summed E-state index contributed by atoms with van der Waals surface area (Å²) in [5, 5.41) is 9.88. The summed E-state index contributed by atoms with van der Waals surface area (Å²) in [6, 6.07) is 0. The Bertz CT molecular complexity index is 185. The van der Waals surface area contributed by atoms with Crippen LogP contribution in [0.25, 0.3) is 0 Å². The van der Waals surface area contributed by atoms with Gasteiger partial charge in [0, 0.05) is 8.07 Å². The van der Waals surface area contributed by atoms with Crippen molar-refractivity contribution in [3.05, 3.63) is 0 Å². The van der Waals surface area contributed by atoms with Gasteiger partial charge in [0.15, 0.2) is 0 Å². The minimum atomic E-state index is -0.980. The SMILES string of the molecule is C[Si](C)(C)C1CC2CCC1C2O. The van der Waals surface area contributed by atoms with Crippen LogP contribution in [0.2, 0.25) is 25.2 Å². The maximum absolute atomic E-state index is 9.88. The van der Waals surface area contributed by atoms with Gasteiger partial charge in [0.05, 0.1) is 6.10 Å². The molecule has 2 saturated carbocycles. The lowest BCUT2D eigenvalue weighted by molar-refractivity contribution is 0.128. The third-order valence-corrected chi connectivity index (χ3v) is 6.87. The largest absolute Gasteiger partial charge is 0.393 e. The molecule has 4 unspecified atom stereocenters. The normalized spacial score (nSPS) is 47.0. The maximum Gasteiger partial charge on any atom is 0.0596 e. The van der Waals surface area contributed by atoms with Gasteiger partial charge < -0.3 is 5.11 Å². The lowest BCUT2D eigenvalue weighted by Crippen LogP contribution is -2.32. The van der Waals surface area contributed by atoms with Crippen molar-refractivity contribution in [3.8, 4) is 0 Å². The first-order valence-electron chi connectivity index (χ1n) is 5.18. The quantitative estimate of drug-likeness (QED) is 0.621. The molecule has 0 heterocycles. The third-order valence-electron chi connectivity index (χ3n) is 3.98. The first-order valence-corrected chi connectivity index (χ1v) is 8.76. The zero-order valence-corrected chi connectivity index (χ0v) is 9.38. The third kappa shape index (κ3) is 1.16. The van der Waals surface area contributed by atoms with Crippen molar-refractivity contribution in [2.24, 2.45) is 11.8 Å². The Morgan fingerprint density at radius 3 is 2.08 bits per heavy atom. The number of hydrogen-bond donors (Lipinski definition) is 1. The monoisotopic (exact) mass is 184 g/mol. The van der Waals surface area contributed by atoms with Gasteiger partial charge in [0.2, 0.25) is 0 Å². The van der Waals surface area contributed by atoms with E-state index in [0.29, 0.717) is 11.8 Å². The molecule has 0 radical (unpaired) electrons. The van der Waals surface area contributed by atoms with Crippen LogP contribution in [0.15, 0.2) is 0 Å². The fourth-order valence-corrected chi connectivity index (χ4v) is 5.95. The van der Waals surface area contributed by atoms with Crippen LogP contribution in [0.3, 0.4) is 0 Å². The van der Waals surface area contributed by atoms with Gasteiger partial charge in [-0.2, -0.15) is 0 Å². The first-order chi connectivity index (χ1) is 5.50. The van der Waals surface area contributed by atoms with E-state index in [-0.39, 0.29) is 6.10 Å². The Morgan fingerprint density at radius 1 is 1.17 bits per heavy atom. The van der Waals surface area contributed by atoms with Gasteiger partial charge in [-0.05, 0) is 36.6 Å². The highest BCUT2D eigenvalue weighted by Crippen LogP contribution is 2.55. The van der Waals surface area contributed by atoms with Crippen LogP contribution in [0, 0.1) is 11.8 Å². The molecule has 4 atom stereocenters. The van der Waals surface area contributed by atoms with Gasteiger partial charge in [-0.1, -0.05) is 19.6 Å². The van der Waals surface area contributed by atoms with E-state index in [1.165, 1.54) is 19.3 Å². The highest BCUT2D eigenvalue weighted by atomic mass is 28.3. The van der Waals surface area contributed by atoms with Crippen LogP contribution in [0.4, 0.5) is 0 Å². The summed E-state index contributed by atoms with van der Waals surface area (Å²) in [6.45, 7) is 7.35. The Kier molecular flexibility index (Phi) is 1.88. The molecule has 0 saturated heterocycles. The summed E-state index contributed by atoms with van der Waals surface area (Å²) in [6.07, 6.45) is 4.01. The van der Waals surface area contributed by atoms with E-state index in [2.05, 4.69) is 19.6 Å². The first kappa shape index (κ1) is 8.76. The molecule has 1 nitrogen and oxygen atoms in total. The summed E-state index contributed by atoms with van der Waals surface area (Å²) in [5.41, 5.74) is 0.909. The molecule has 1 N–H and O–H groups in total. The van der Waals surface area contributed by atoms with E-state index in [1.54, 1.807) is 0 Å². The molecule has 2 fully saturated rings. The number of aliphatic hydroxyl groups excluding tert-OH is 1. The van der Waals surface area contributed by atoms with Gasteiger partial charge in [0.1, 0.15) is 0 Å². The molecule has 0 aromatic rings. The Labute approximate surface area is 76.2 Å². The topological polar surface area (TPSA) is 20.2 Å². The van der Waals surface area contributed by atoms with Crippen LogP contribution in [0.5, 0.6) is 0 Å². The lowest BCUT2D eigenvalue weighted by Gasteiger charge is -2.32. The van der Waals surface area contributed by atoms with Gasteiger partial charge >= 0.3 is 0 Å². The van der Waals surface area contributed by atoms with E-state index in [4.69, 9.17) is 0 Å². The summed E-state index contributed by atoms with van der Waals surface area (Å²) < 4.78 is 0. The van der Waals surface area contributed by atoms with Crippen molar-refractivity contribution in [2.75, 3.05) is 0 Å². The number of fused-ring (bicyclic) bond motifs is 2. The zero-order valence-electron chi connectivity index (χ0n) is 8.38. The summed E-state index contributed by atoms with van der Waals surface area (Å²) in [7, 11) is -0.980. The van der Waals surface area contributed by atoms with Crippen LogP contribution >= 0.6 is 0 Å². The molecule has 0 aromatic carbocycles. The van der Waals surface area contributed by atoms with Gasteiger partial charge in [-0.15, -0.1) is 0 Å². The minimum Gasteiger partial charge on any atom is -0.393 e. The number of aliphatic hydroxyl groups is 1. The molecule has 2 aliphatic rings. The highest BCUT2D eigenvalue weighted by Gasteiger charge is 2.51. The molecule has 2 heteroatoms. The van der Waals surface area contributed by atoms with Crippen LogP contribution in [0.1, 0.15) is 19.3 Å². The molecular weight excluding hydrogens is 164 g/mol. The van der Waals surface area contributed by atoms with Crippen molar-refractivity contribution in [1.82, 2.24) is 0 Å². The molecule has 2 aliphatic carbocycles. The molecule has 70 valence electrons. The summed E-state index contributed by atoms with van der Waals surface area (Å²) in [5.74, 6) is 1.35. The van der Waals surface area contributed by atoms with Gasteiger partial charge in [-0.3, -0.25) is 0 Å². The van der Waals surface area contributed by atoms with Crippen molar-refractivity contribution >= 4 is 8.07 Å². The fourth-order valence-electron chi connectivity index (χ4n) is 3.29. The molecule has 0 spiro atoms. The second-order valence-electron chi connectivity index (χ2n) is 5.70. The Balaban J connectivity index is 2.14. The average Bonchev–Trinajstić information content (AvgIpc) is 2.45. The van der Waals surface area contributed by atoms with Crippen LogP contribution in [-0.2, 0) is 0 Å². The number of rotatable bonds is 1. The van der Waals surface area contributed by atoms with Crippen LogP contribution in [-0.4, -0.2) is 19.3 Å². The standard InChI is InChI=1S/C10H20OSi/c1-12(2,3)9-6-7-4-5-8(9)10(7)11/h7-11H,4-6H2,1-3H3. The highest BCUT2D eigenvalue weighted by molar-refractivity contribution is 6.77. The van der Waals surface area contributed by atoms with Gasteiger partial charge in [-0.25, -0.2) is 0 Å². The van der Waals surface area contributed by atoms with E-state index in [1.807, 2.05) is 0 Å². The fraction of sp³-hybridized carbons (Fsp3) is 1.00. The van der Waals surface area contributed by atoms with Gasteiger partial charge in [0.25, 0.3) is 0 Å². The predicted octanol–water partition coefficient (Wildman–Crippen LogP) is 2.49. The second-order valence-corrected chi connectivity index (χ2v) is 11.2. The molecular formula is C10H20OSi. The minimum absolute atomic E-state index is 0.0710. The molecule has 12 heavy (non-hydrogen) atoms.